The summed E-state index contributed by atoms with van der Waals surface area (Å²) in [5.74, 6) is 0. The molecular formula is C8H19NO2. The molecule has 0 fully saturated rings. The van der Waals surface area contributed by atoms with Gasteiger partial charge >= 0.3 is 0 Å². The van der Waals surface area contributed by atoms with E-state index >= 15 is 0 Å². The quantitative estimate of drug-likeness (QED) is 0.535. The van der Waals surface area contributed by atoms with Gasteiger partial charge in [0, 0.05) is 26.4 Å². The predicted octanol–water partition coefficient (Wildman–Crippen LogP) is 0.778. The van der Waals surface area contributed by atoms with Gasteiger partial charge in [-0.2, -0.15) is 0 Å². The normalized spacial score (nSPS) is 10.4. The molecule has 0 unspecified atom stereocenters. The molecule has 0 aromatic heterocycles. The second-order valence-corrected chi connectivity index (χ2v) is 2.37. The fourth-order valence-corrected chi connectivity index (χ4v) is 0.695. The summed E-state index contributed by atoms with van der Waals surface area (Å²) in [6, 6.07) is 0. The Kier molecular flexibility index (Phi) is 9.77. The van der Waals surface area contributed by atoms with Gasteiger partial charge in [-0.3, -0.25) is 0 Å². The van der Waals surface area contributed by atoms with Crippen LogP contribution in [0.3, 0.4) is 0 Å². The first-order chi connectivity index (χ1) is 5.41. The summed E-state index contributed by atoms with van der Waals surface area (Å²) in [4.78, 5) is 0. The minimum atomic E-state index is 0.607. The summed E-state index contributed by atoms with van der Waals surface area (Å²) in [6.07, 6.45) is 2.06. The van der Waals surface area contributed by atoms with Gasteiger partial charge in [0.25, 0.3) is 0 Å². The van der Waals surface area contributed by atoms with E-state index in [0.29, 0.717) is 13.2 Å². The largest absolute Gasteiger partial charge is 0.381 e. The van der Waals surface area contributed by atoms with Gasteiger partial charge < -0.3 is 15.2 Å². The van der Waals surface area contributed by atoms with Crippen molar-refractivity contribution in [2.75, 3.05) is 33.0 Å². The van der Waals surface area contributed by atoms with E-state index in [0.717, 1.165) is 32.7 Å². The molecule has 0 spiro atoms. The Bertz CT molecular complexity index is 61.1. The first-order valence-corrected chi connectivity index (χ1v) is 4.27. The summed E-state index contributed by atoms with van der Waals surface area (Å²) in [6.45, 7) is 5.80. The van der Waals surface area contributed by atoms with Crippen molar-refractivity contribution in [1.82, 2.24) is 0 Å². The van der Waals surface area contributed by atoms with Crippen molar-refractivity contribution in [2.45, 2.75) is 19.8 Å². The van der Waals surface area contributed by atoms with Gasteiger partial charge in [0.15, 0.2) is 0 Å². The van der Waals surface area contributed by atoms with E-state index in [1.165, 1.54) is 0 Å². The second kappa shape index (κ2) is 9.88. The highest BCUT2D eigenvalue weighted by Crippen LogP contribution is 1.86. The van der Waals surface area contributed by atoms with E-state index in [-0.39, 0.29) is 0 Å². The van der Waals surface area contributed by atoms with Crippen LogP contribution in [0.4, 0.5) is 0 Å². The van der Waals surface area contributed by atoms with Crippen molar-refractivity contribution in [3.05, 3.63) is 0 Å². The van der Waals surface area contributed by atoms with Crippen LogP contribution in [0, 0.1) is 0 Å². The molecule has 0 amide bonds. The smallest absolute Gasteiger partial charge is 0.0588 e. The first kappa shape index (κ1) is 10.9. The van der Waals surface area contributed by atoms with Crippen LogP contribution in [0.25, 0.3) is 0 Å². The summed E-state index contributed by atoms with van der Waals surface area (Å²) >= 11 is 0. The van der Waals surface area contributed by atoms with Gasteiger partial charge in [-0.05, 0) is 12.8 Å². The molecular weight excluding hydrogens is 142 g/mol. The van der Waals surface area contributed by atoms with Crippen molar-refractivity contribution in [3.8, 4) is 0 Å². The predicted molar refractivity (Wildman–Crippen MR) is 45.6 cm³/mol. The zero-order valence-corrected chi connectivity index (χ0v) is 7.34. The van der Waals surface area contributed by atoms with E-state index in [1.807, 2.05) is 0 Å². The third-order valence-corrected chi connectivity index (χ3v) is 1.19. The molecule has 0 radical (unpaired) electrons. The molecule has 0 aliphatic carbocycles. The Morgan fingerprint density at radius 2 is 1.64 bits per heavy atom. The summed E-state index contributed by atoms with van der Waals surface area (Å²) in [7, 11) is 0. The molecule has 3 heteroatoms. The minimum Gasteiger partial charge on any atom is -0.381 e. The van der Waals surface area contributed by atoms with Gasteiger partial charge in [-0.1, -0.05) is 6.92 Å². The highest BCUT2D eigenvalue weighted by atomic mass is 16.5. The maximum atomic E-state index is 5.25. The van der Waals surface area contributed by atoms with Crippen LogP contribution in [0.5, 0.6) is 0 Å². The van der Waals surface area contributed by atoms with Crippen molar-refractivity contribution in [3.63, 3.8) is 0 Å². The highest BCUT2D eigenvalue weighted by Gasteiger charge is 1.87. The molecule has 0 bridgehead atoms. The van der Waals surface area contributed by atoms with Gasteiger partial charge in [-0.25, -0.2) is 0 Å². The first-order valence-electron chi connectivity index (χ1n) is 4.27. The lowest BCUT2D eigenvalue weighted by Crippen LogP contribution is -2.10. The maximum Gasteiger partial charge on any atom is 0.0588 e. The van der Waals surface area contributed by atoms with Crippen LogP contribution in [-0.2, 0) is 9.47 Å². The third kappa shape index (κ3) is 9.88. The minimum absolute atomic E-state index is 0.607. The Morgan fingerprint density at radius 3 is 2.18 bits per heavy atom. The standard InChI is InChI=1S/C8H19NO2/c1-2-5-10-6-3-7-11-8-4-9/h2-9H2,1H3. The monoisotopic (exact) mass is 161 g/mol. The number of ether oxygens (including phenoxy) is 2. The molecule has 0 aliphatic heterocycles. The fourth-order valence-electron chi connectivity index (χ4n) is 0.695. The second-order valence-electron chi connectivity index (χ2n) is 2.37. The fraction of sp³-hybridized carbons (Fsp3) is 1.00. The van der Waals surface area contributed by atoms with Crippen LogP contribution in [0.1, 0.15) is 19.8 Å². The number of nitrogens with two attached hydrogens (primary N) is 1. The Labute approximate surface area is 68.9 Å². The molecule has 0 atom stereocenters. The van der Waals surface area contributed by atoms with Crippen LogP contribution >= 0.6 is 0 Å². The lowest BCUT2D eigenvalue weighted by atomic mass is 10.5. The van der Waals surface area contributed by atoms with E-state index in [9.17, 15) is 0 Å². The van der Waals surface area contributed by atoms with Crippen LogP contribution in [0.15, 0.2) is 0 Å². The molecule has 3 nitrogen and oxygen atoms in total. The molecule has 0 rings (SSSR count). The van der Waals surface area contributed by atoms with E-state index in [1.54, 1.807) is 0 Å². The molecule has 0 aromatic rings. The average Bonchev–Trinajstić information content (AvgIpc) is 2.03. The highest BCUT2D eigenvalue weighted by molar-refractivity contribution is 4.36. The molecule has 11 heavy (non-hydrogen) atoms. The molecule has 0 heterocycles. The Morgan fingerprint density at radius 1 is 1.00 bits per heavy atom. The van der Waals surface area contributed by atoms with Gasteiger partial charge in [0.2, 0.25) is 0 Å². The van der Waals surface area contributed by atoms with Crippen LogP contribution in [-0.4, -0.2) is 33.0 Å². The number of rotatable bonds is 8. The van der Waals surface area contributed by atoms with Gasteiger partial charge in [0.05, 0.1) is 6.61 Å². The topological polar surface area (TPSA) is 44.5 Å². The van der Waals surface area contributed by atoms with Gasteiger partial charge in [-0.15, -0.1) is 0 Å². The van der Waals surface area contributed by atoms with E-state index in [4.69, 9.17) is 15.2 Å². The molecule has 2 N–H and O–H groups in total. The van der Waals surface area contributed by atoms with Crippen molar-refractivity contribution >= 4 is 0 Å². The summed E-state index contributed by atoms with van der Waals surface area (Å²) in [5, 5.41) is 0. The average molecular weight is 161 g/mol. The third-order valence-electron chi connectivity index (χ3n) is 1.19. The Balaban J connectivity index is 2.69. The lowest BCUT2D eigenvalue weighted by Gasteiger charge is -2.02. The van der Waals surface area contributed by atoms with Gasteiger partial charge in [0.1, 0.15) is 0 Å². The van der Waals surface area contributed by atoms with Crippen molar-refractivity contribution < 1.29 is 9.47 Å². The lowest BCUT2D eigenvalue weighted by molar-refractivity contribution is 0.0860. The van der Waals surface area contributed by atoms with Crippen LogP contribution in [0.2, 0.25) is 0 Å². The molecule has 68 valence electrons. The molecule has 0 saturated heterocycles. The van der Waals surface area contributed by atoms with Crippen molar-refractivity contribution in [1.29, 1.82) is 0 Å². The summed E-state index contributed by atoms with van der Waals surface area (Å²) in [5.41, 5.74) is 5.23. The van der Waals surface area contributed by atoms with E-state index < -0.39 is 0 Å². The summed E-state index contributed by atoms with van der Waals surface area (Å²) < 4.78 is 10.4. The van der Waals surface area contributed by atoms with E-state index in [2.05, 4.69) is 6.92 Å². The SMILES string of the molecule is CCCOCCCOCCN. The number of hydrogen-bond acceptors (Lipinski definition) is 3. The molecule has 0 aliphatic rings. The Hall–Kier alpha value is -0.120. The van der Waals surface area contributed by atoms with Crippen molar-refractivity contribution in [2.24, 2.45) is 5.73 Å². The zero-order chi connectivity index (χ0) is 8.36. The molecule has 0 saturated carbocycles. The molecule has 0 aromatic carbocycles. The zero-order valence-electron chi connectivity index (χ0n) is 7.34. The maximum absolute atomic E-state index is 5.25. The number of hydrogen-bond donors (Lipinski definition) is 1. The van der Waals surface area contributed by atoms with Crippen LogP contribution < -0.4 is 5.73 Å².